The third kappa shape index (κ3) is 3.42. The molecule has 2 fully saturated rings. The fourth-order valence-corrected chi connectivity index (χ4v) is 3.56. The maximum absolute atomic E-state index is 13.8. The van der Waals surface area contributed by atoms with E-state index in [4.69, 9.17) is 0 Å². The van der Waals surface area contributed by atoms with E-state index in [0.717, 1.165) is 38.1 Å². The van der Waals surface area contributed by atoms with Crippen LogP contribution < -0.4 is 0 Å². The lowest BCUT2D eigenvalue weighted by atomic mass is 9.94. The molecular formula is C18H22F2N2O2. The lowest BCUT2D eigenvalue weighted by molar-refractivity contribution is -0.137. The molecule has 130 valence electrons. The molecular weight excluding hydrogens is 314 g/mol. The minimum absolute atomic E-state index is 0.0855. The first-order valence-corrected chi connectivity index (χ1v) is 8.60. The standard InChI is InChI=1S/C18H22F2N2O2/c19-14-5-4-6-15(20)16(14)18(24)22-11-7-13(8-12-22)17(23)21-9-2-1-3-10-21/h4-6,13H,1-3,7-12H2. The van der Waals surface area contributed by atoms with E-state index in [1.807, 2.05) is 4.90 Å². The van der Waals surface area contributed by atoms with Gasteiger partial charge in [0.25, 0.3) is 5.91 Å². The number of amides is 2. The van der Waals surface area contributed by atoms with Gasteiger partial charge in [0.1, 0.15) is 17.2 Å². The first-order chi connectivity index (χ1) is 11.6. The van der Waals surface area contributed by atoms with E-state index in [2.05, 4.69) is 0 Å². The average Bonchev–Trinajstić information content (AvgIpc) is 2.62. The minimum atomic E-state index is -0.841. The second kappa shape index (κ2) is 7.28. The van der Waals surface area contributed by atoms with E-state index in [9.17, 15) is 18.4 Å². The highest BCUT2D eigenvalue weighted by Crippen LogP contribution is 2.24. The Morgan fingerprint density at radius 1 is 0.875 bits per heavy atom. The molecule has 3 rings (SSSR count). The Hall–Kier alpha value is -1.98. The summed E-state index contributed by atoms with van der Waals surface area (Å²) in [6.45, 7) is 2.35. The SMILES string of the molecule is O=C(c1c(F)cccc1F)N1CCC(C(=O)N2CCCCC2)CC1. The molecule has 2 aliphatic rings. The van der Waals surface area contributed by atoms with Gasteiger partial charge in [-0.15, -0.1) is 0 Å². The van der Waals surface area contributed by atoms with Gasteiger partial charge in [0.05, 0.1) is 0 Å². The molecule has 0 spiro atoms. The molecule has 4 nitrogen and oxygen atoms in total. The fraction of sp³-hybridized carbons (Fsp3) is 0.556. The van der Waals surface area contributed by atoms with Crippen LogP contribution in [0.15, 0.2) is 18.2 Å². The molecule has 0 radical (unpaired) electrons. The predicted octanol–water partition coefficient (Wildman–Crippen LogP) is 2.83. The number of rotatable bonds is 2. The van der Waals surface area contributed by atoms with Gasteiger partial charge in [-0.05, 0) is 44.2 Å². The smallest absolute Gasteiger partial charge is 0.259 e. The van der Waals surface area contributed by atoms with Crippen LogP contribution in [0.5, 0.6) is 0 Å². The molecule has 1 aromatic rings. The molecule has 6 heteroatoms. The van der Waals surface area contributed by atoms with Crippen LogP contribution in [0.3, 0.4) is 0 Å². The van der Waals surface area contributed by atoms with E-state index in [1.54, 1.807) is 0 Å². The van der Waals surface area contributed by atoms with Crippen molar-refractivity contribution in [1.29, 1.82) is 0 Å². The Morgan fingerprint density at radius 2 is 1.46 bits per heavy atom. The second-order valence-electron chi connectivity index (χ2n) is 6.55. The molecule has 0 aromatic heterocycles. The summed E-state index contributed by atoms with van der Waals surface area (Å²) >= 11 is 0. The van der Waals surface area contributed by atoms with Crippen LogP contribution in [0.4, 0.5) is 8.78 Å². The number of hydrogen-bond acceptors (Lipinski definition) is 2. The van der Waals surface area contributed by atoms with Crippen molar-refractivity contribution in [2.75, 3.05) is 26.2 Å². The zero-order valence-electron chi connectivity index (χ0n) is 13.6. The first kappa shape index (κ1) is 16.9. The molecule has 24 heavy (non-hydrogen) atoms. The van der Waals surface area contributed by atoms with Gasteiger partial charge in [-0.2, -0.15) is 0 Å². The lowest BCUT2D eigenvalue weighted by Gasteiger charge is -2.35. The Balaban J connectivity index is 1.60. The van der Waals surface area contributed by atoms with Crippen LogP contribution in [0.25, 0.3) is 0 Å². The highest BCUT2D eigenvalue weighted by Gasteiger charge is 2.32. The molecule has 0 unspecified atom stereocenters. The van der Waals surface area contributed by atoms with Crippen molar-refractivity contribution in [2.24, 2.45) is 5.92 Å². The van der Waals surface area contributed by atoms with E-state index in [1.165, 1.54) is 17.4 Å². The summed E-state index contributed by atoms with van der Waals surface area (Å²) in [6, 6.07) is 3.41. The van der Waals surface area contributed by atoms with Crippen LogP contribution >= 0.6 is 0 Å². The number of carbonyl (C=O) groups is 2. The molecule has 0 bridgehead atoms. The van der Waals surface area contributed by atoms with E-state index < -0.39 is 23.1 Å². The second-order valence-corrected chi connectivity index (χ2v) is 6.55. The largest absolute Gasteiger partial charge is 0.342 e. The number of carbonyl (C=O) groups excluding carboxylic acids is 2. The molecule has 1 aromatic carbocycles. The molecule has 2 heterocycles. The molecule has 2 amide bonds. The van der Waals surface area contributed by atoms with Crippen LogP contribution in [-0.2, 0) is 4.79 Å². The number of likely N-dealkylation sites (tertiary alicyclic amines) is 2. The van der Waals surface area contributed by atoms with E-state index in [0.29, 0.717) is 25.9 Å². The summed E-state index contributed by atoms with van der Waals surface area (Å²) in [7, 11) is 0. The van der Waals surface area contributed by atoms with Crippen LogP contribution in [0, 0.1) is 17.6 Å². The Labute approximate surface area is 140 Å². The van der Waals surface area contributed by atoms with Gasteiger partial charge in [-0.25, -0.2) is 8.78 Å². The summed E-state index contributed by atoms with van der Waals surface area (Å²) in [4.78, 5) is 28.2. The van der Waals surface area contributed by atoms with Gasteiger partial charge in [0, 0.05) is 32.1 Å². The van der Waals surface area contributed by atoms with Gasteiger partial charge in [-0.3, -0.25) is 9.59 Å². The van der Waals surface area contributed by atoms with Gasteiger partial charge >= 0.3 is 0 Å². The number of hydrogen-bond donors (Lipinski definition) is 0. The normalized spacial score (nSPS) is 19.4. The van der Waals surface area contributed by atoms with Crippen LogP contribution in [0.2, 0.25) is 0 Å². The van der Waals surface area contributed by atoms with Crippen molar-refractivity contribution in [2.45, 2.75) is 32.1 Å². The topological polar surface area (TPSA) is 40.6 Å². The fourth-order valence-electron chi connectivity index (χ4n) is 3.56. The van der Waals surface area contributed by atoms with Crippen molar-refractivity contribution < 1.29 is 18.4 Å². The minimum Gasteiger partial charge on any atom is -0.342 e. The Morgan fingerprint density at radius 3 is 2.04 bits per heavy atom. The molecule has 2 aliphatic heterocycles. The zero-order valence-corrected chi connectivity index (χ0v) is 13.6. The Kier molecular flexibility index (Phi) is 5.11. The van der Waals surface area contributed by atoms with Gasteiger partial charge < -0.3 is 9.80 Å². The third-order valence-corrected chi connectivity index (χ3v) is 4.98. The van der Waals surface area contributed by atoms with Gasteiger partial charge in [-0.1, -0.05) is 6.07 Å². The average molecular weight is 336 g/mol. The van der Waals surface area contributed by atoms with Crippen molar-refractivity contribution in [3.63, 3.8) is 0 Å². The quantitative estimate of drug-likeness (QED) is 0.833. The maximum Gasteiger partial charge on any atom is 0.259 e. The summed E-state index contributed by atoms with van der Waals surface area (Å²) in [6.07, 6.45) is 4.38. The van der Waals surface area contributed by atoms with Crippen molar-refractivity contribution >= 4 is 11.8 Å². The summed E-state index contributed by atoms with van der Waals surface area (Å²) < 4.78 is 27.5. The highest BCUT2D eigenvalue weighted by atomic mass is 19.1. The van der Waals surface area contributed by atoms with E-state index in [-0.39, 0.29) is 11.8 Å². The molecule has 0 N–H and O–H groups in total. The number of nitrogens with zero attached hydrogens (tertiary/aromatic N) is 2. The first-order valence-electron chi connectivity index (χ1n) is 8.60. The molecule has 0 atom stereocenters. The van der Waals surface area contributed by atoms with Crippen molar-refractivity contribution in [3.05, 3.63) is 35.4 Å². The Bertz CT molecular complexity index is 601. The lowest BCUT2D eigenvalue weighted by Crippen LogP contribution is -2.46. The van der Waals surface area contributed by atoms with Gasteiger partial charge in [0.2, 0.25) is 5.91 Å². The summed E-state index contributed by atoms with van der Waals surface area (Å²) in [5.41, 5.74) is -0.502. The molecule has 2 saturated heterocycles. The molecule has 0 aliphatic carbocycles. The van der Waals surface area contributed by atoms with Gasteiger partial charge in [0.15, 0.2) is 0 Å². The summed E-state index contributed by atoms with van der Waals surface area (Å²) in [5.74, 6) is -2.23. The molecule has 0 saturated carbocycles. The number of halogens is 2. The predicted molar refractivity (Wildman–Crippen MR) is 85.4 cm³/mol. The third-order valence-electron chi connectivity index (χ3n) is 4.98. The highest BCUT2D eigenvalue weighted by molar-refractivity contribution is 5.95. The zero-order chi connectivity index (χ0) is 17.1. The monoisotopic (exact) mass is 336 g/mol. The summed E-state index contributed by atoms with van der Waals surface area (Å²) in [5, 5.41) is 0. The number of benzene rings is 1. The van der Waals surface area contributed by atoms with Crippen molar-refractivity contribution in [3.8, 4) is 0 Å². The van der Waals surface area contributed by atoms with Crippen LogP contribution in [0.1, 0.15) is 42.5 Å². The maximum atomic E-state index is 13.8. The van der Waals surface area contributed by atoms with E-state index >= 15 is 0 Å². The van der Waals surface area contributed by atoms with Crippen LogP contribution in [-0.4, -0.2) is 47.8 Å². The van der Waals surface area contributed by atoms with Crippen molar-refractivity contribution in [1.82, 2.24) is 9.80 Å². The number of piperidine rings is 2.